The van der Waals surface area contributed by atoms with Crippen molar-refractivity contribution in [3.63, 3.8) is 0 Å². The van der Waals surface area contributed by atoms with Crippen molar-refractivity contribution in [3.05, 3.63) is 35.4 Å². The third-order valence-electron chi connectivity index (χ3n) is 4.56. The lowest BCUT2D eigenvalue weighted by Crippen LogP contribution is -2.53. The lowest BCUT2D eigenvalue weighted by molar-refractivity contribution is -0.163. The topological polar surface area (TPSA) is 35.2 Å². The third kappa shape index (κ3) is 1.62. The Morgan fingerprint density at radius 2 is 1.59 bits per heavy atom. The standard InChI is InChI=1S/C14H17NO.ClH/c15-14-7-9-5-11(16-14)6-10(8-14)13-4-2-1-3-12(9)13;/h1-4,9-11H,5-8,15H2;1H. The van der Waals surface area contributed by atoms with Crippen molar-refractivity contribution in [3.8, 4) is 0 Å². The van der Waals surface area contributed by atoms with E-state index in [1.165, 1.54) is 12.8 Å². The van der Waals surface area contributed by atoms with Gasteiger partial charge in [0.05, 0.1) is 6.10 Å². The minimum Gasteiger partial charge on any atom is -0.358 e. The van der Waals surface area contributed by atoms with Gasteiger partial charge in [-0.15, -0.1) is 12.4 Å². The average molecular weight is 252 g/mol. The van der Waals surface area contributed by atoms with Gasteiger partial charge in [-0.05, 0) is 48.6 Å². The molecule has 2 unspecified atom stereocenters. The van der Waals surface area contributed by atoms with E-state index in [1.807, 2.05) is 0 Å². The first-order valence-electron chi connectivity index (χ1n) is 6.29. The van der Waals surface area contributed by atoms with Gasteiger partial charge in [-0.3, -0.25) is 0 Å². The van der Waals surface area contributed by atoms with Gasteiger partial charge in [-0.25, -0.2) is 0 Å². The monoisotopic (exact) mass is 251 g/mol. The SMILES string of the molecule is Cl.NC12CC3CC(CC(C1)c1ccccc13)O2. The predicted molar refractivity (Wildman–Crippen MR) is 69.4 cm³/mol. The number of hydrogen-bond acceptors (Lipinski definition) is 2. The molecule has 17 heavy (non-hydrogen) atoms. The highest BCUT2D eigenvalue weighted by molar-refractivity contribution is 5.85. The van der Waals surface area contributed by atoms with Crippen LogP contribution in [0.2, 0.25) is 0 Å². The van der Waals surface area contributed by atoms with E-state index >= 15 is 0 Å². The summed E-state index contributed by atoms with van der Waals surface area (Å²) in [6, 6.07) is 8.92. The molecular weight excluding hydrogens is 234 g/mol. The Bertz CT molecular complexity index is 413. The van der Waals surface area contributed by atoms with Crippen LogP contribution in [0.3, 0.4) is 0 Å². The third-order valence-corrected chi connectivity index (χ3v) is 4.56. The number of nitrogens with two attached hydrogens (primary N) is 1. The van der Waals surface area contributed by atoms with Gasteiger partial charge in [-0.2, -0.15) is 0 Å². The average Bonchev–Trinajstić information content (AvgIpc) is 2.40. The first-order valence-corrected chi connectivity index (χ1v) is 6.29. The van der Waals surface area contributed by atoms with Crippen LogP contribution in [0.4, 0.5) is 0 Å². The zero-order chi connectivity index (χ0) is 10.8. The molecule has 2 nitrogen and oxygen atoms in total. The van der Waals surface area contributed by atoms with Crippen molar-refractivity contribution in [2.75, 3.05) is 0 Å². The molecule has 2 heterocycles. The molecule has 2 saturated heterocycles. The van der Waals surface area contributed by atoms with Crippen molar-refractivity contribution in [1.82, 2.24) is 0 Å². The molecular formula is C14H18ClNO. The van der Waals surface area contributed by atoms with Crippen LogP contribution in [0.25, 0.3) is 0 Å². The summed E-state index contributed by atoms with van der Waals surface area (Å²) >= 11 is 0. The van der Waals surface area contributed by atoms with E-state index < -0.39 is 0 Å². The van der Waals surface area contributed by atoms with E-state index in [9.17, 15) is 0 Å². The molecule has 0 radical (unpaired) electrons. The van der Waals surface area contributed by atoms with Crippen LogP contribution in [0, 0.1) is 0 Å². The van der Waals surface area contributed by atoms with E-state index in [1.54, 1.807) is 11.1 Å². The van der Waals surface area contributed by atoms with Gasteiger partial charge in [0.2, 0.25) is 0 Å². The molecule has 2 N–H and O–H groups in total. The zero-order valence-corrected chi connectivity index (χ0v) is 10.6. The van der Waals surface area contributed by atoms with Gasteiger partial charge < -0.3 is 10.5 Å². The molecule has 0 spiro atoms. The molecule has 2 fully saturated rings. The first kappa shape index (κ1) is 11.5. The summed E-state index contributed by atoms with van der Waals surface area (Å²) in [4.78, 5) is 0. The summed E-state index contributed by atoms with van der Waals surface area (Å²) in [5.41, 5.74) is 9.13. The number of halogens is 1. The Balaban J connectivity index is 0.000000902. The lowest BCUT2D eigenvalue weighted by Gasteiger charge is -2.46. The molecule has 1 aromatic rings. The van der Waals surface area contributed by atoms with Crippen molar-refractivity contribution < 1.29 is 4.74 Å². The van der Waals surface area contributed by atoms with Gasteiger partial charge in [0.1, 0.15) is 5.72 Å². The van der Waals surface area contributed by atoms with Crippen LogP contribution in [0.15, 0.2) is 24.3 Å². The minimum atomic E-state index is -0.338. The van der Waals surface area contributed by atoms with Gasteiger partial charge >= 0.3 is 0 Å². The number of ether oxygens (including phenoxy) is 1. The Hall–Kier alpha value is -0.570. The summed E-state index contributed by atoms with van der Waals surface area (Å²) < 4.78 is 6.00. The molecule has 0 aromatic heterocycles. The van der Waals surface area contributed by atoms with E-state index in [-0.39, 0.29) is 18.1 Å². The zero-order valence-electron chi connectivity index (χ0n) is 9.76. The normalized spacial score (nSPS) is 41.6. The number of hydrogen-bond donors (Lipinski definition) is 1. The van der Waals surface area contributed by atoms with Crippen molar-refractivity contribution in [2.45, 2.75) is 49.3 Å². The maximum atomic E-state index is 6.38. The molecule has 3 heteroatoms. The smallest absolute Gasteiger partial charge is 0.118 e. The Kier molecular flexibility index (Phi) is 2.51. The predicted octanol–water partition coefficient (Wildman–Crippen LogP) is 2.92. The molecule has 0 amide bonds. The van der Waals surface area contributed by atoms with Crippen LogP contribution >= 0.6 is 12.4 Å². The Morgan fingerprint density at radius 1 is 1.06 bits per heavy atom. The summed E-state index contributed by atoms with van der Waals surface area (Å²) in [6.07, 6.45) is 4.77. The van der Waals surface area contributed by atoms with Crippen LogP contribution in [0.1, 0.15) is 48.6 Å². The van der Waals surface area contributed by atoms with Crippen LogP contribution < -0.4 is 5.73 Å². The molecule has 2 aliphatic carbocycles. The Labute approximate surface area is 108 Å². The first-order chi connectivity index (χ1) is 7.73. The van der Waals surface area contributed by atoms with Crippen LogP contribution in [0.5, 0.6) is 0 Å². The molecule has 2 atom stereocenters. The molecule has 2 aliphatic heterocycles. The minimum absolute atomic E-state index is 0. The Morgan fingerprint density at radius 3 is 2.06 bits per heavy atom. The molecule has 0 saturated carbocycles. The van der Waals surface area contributed by atoms with E-state index in [0.717, 1.165) is 12.8 Å². The fourth-order valence-electron chi connectivity index (χ4n) is 4.07. The van der Waals surface area contributed by atoms with Gasteiger partial charge in [0.15, 0.2) is 0 Å². The summed E-state index contributed by atoms with van der Waals surface area (Å²) in [6.45, 7) is 0. The number of benzene rings is 1. The molecule has 1 aromatic carbocycles. The largest absolute Gasteiger partial charge is 0.358 e. The molecule has 5 rings (SSSR count). The maximum absolute atomic E-state index is 6.38. The second kappa shape index (κ2) is 3.71. The fraction of sp³-hybridized carbons (Fsp3) is 0.571. The van der Waals surface area contributed by atoms with Gasteiger partial charge in [0, 0.05) is 0 Å². The highest BCUT2D eigenvalue weighted by atomic mass is 35.5. The van der Waals surface area contributed by atoms with E-state index in [0.29, 0.717) is 17.9 Å². The van der Waals surface area contributed by atoms with Crippen LogP contribution in [-0.2, 0) is 4.74 Å². The molecule has 4 aliphatic rings. The highest BCUT2D eigenvalue weighted by Gasteiger charge is 2.49. The fourth-order valence-corrected chi connectivity index (χ4v) is 4.07. The van der Waals surface area contributed by atoms with Crippen molar-refractivity contribution >= 4 is 12.4 Å². The molecule has 92 valence electrons. The van der Waals surface area contributed by atoms with Crippen molar-refractivity contribution in [1.29, 1.82) is 0 Å². The second-order valence-corrected chi connectivity index (χ2v) is 5.71. The highest BCUT2D eigenvalue weighted by Crippen LogP contribution is 2.53. The number of rotatable bonds is 0. The second-order valence-electron chi connectivity index (χ2n) is 5.71. The van der Waals surface area contributed by atoms with Gasteiger partial charge in [0.25, 0.3) is 0 Å². The maximum Gasteiger partial charge on any atom is 0.118 e. The summed E-state index contributed by atoms with van der Waals surface area (Å²) in [7, 11) is 0. The summed E-state index contributed by atoms with van der Waals surface area (Å²) in [5.74, 6) is 1.26. The molecule has 4 bridgehead atoms. The lowest BCUT2D eigenvalue weighted by atomic mass is 9.80. The van der Waals surface area contributed by atoms with Crippen molar-refractivity contribution in [2.24, 2.45) is 5.73 Å². The van der Waals surface area contributed by atoms with E-state index in [4.69, 9.17) is 10.5 Å². The quantitative estimate of drug-likeness (QED) is 0.770. The summed E-state index contributed by atoms with van der Waals surface area (Å²) in [5, 5.41) is 0. The van der Waals surface area contributed by atoms with Gasteiger partial charge in [-0.1, -0.05) is 24.3 Å². The van der Waals surface area contributed by atoms with E-state index in [2.05, 4.69) is 24.3 Å². The van der Waals surface area contributed by atoms with Crippen LogP contribution in [-0.4, -0.2) is 11.8 Å².